The van der Waals surface area contributed by atoms with E-state index in [9.17, 15) is 31.2 Å². The van der Waals surface area contributed by atoms with E-state index in [0.717, 1.165) is 77.0 Å². The smallest absolute Gasteiger partial charge is 0.739 e. The molecule has 3 aliphatic carbocycles. The molecular weight excluding hydrogens is 423 g/mol. The van der Waals surface area contributed by atoms with Crippen LogP contribution in [0, 0.1) is 31.2 Å². The molecule has 0 saturated heterocycles. The van der Waals surface area contributed by atoms with Gasteiger partial charge < -0.3 is 31.2 Å². The molecular formula is C18H33AlN6O6. The van der Waals surface area contributed by atoms with Gasteiger partial charge in [0.1, 0.15) is 0 Å². The average Bonchev–Trinajstić information content (AvgIpc) is 2.85. The monoisotopic (exact) mass is 456 g/mol. The van der Waals surface area contributed by atoms with Crippen LogP contribution in [0.1, 0.15) is 96.3 Å². The van der Waals surface area contributed by atoms with Crippen LogP contribution >= 0.6 is 0 Å². The Balaban J connectivity index is 0.000000429. The first-order valence-corrected chi connectivity index (χ1v) is 10.9. The molecule has 0 unspecified atom stereocenters. The first kappa shape index (κ1) is 29.1. The van der Waals surface area contributed by atoms with Crippen LogP contribution in [0.3, 0.4) is 0 Å². The molecule has 12 nitrogen and oxygen atoms in total. The Bertz CT molecular complexity index is 472. The Morgan fingerprint density at radius 2 is 0.613 bits per heavy atom. The van der Waals surface area contributed by atoms with E-state index < -0.39 is 0 Å². The Hall–Kier alpha value is -1.87. The topological polar surface area (TPSA) is 184 Å². The Morgan fingerprint density at radius 3 is 0.774 bits per heavy atom. The minimum Gasteiger partial charge on any atom is -0.739 e. The second kappa shape index (κ2) is 17.8. The Kier molecular flexibility index (Phi) is 16.7. The van der Waals surface area contributed by atoms with Crippen LogP contribution in [0.15, 0.2) is 15.8 Å². The molecule has 174 valence electrons. The molecule has 0 bridgehead atoms. The van der Waals surface area contributed by atoms with Gasteiger partial charge in [0.05, 0.1) is 0 Å². The fourth-order valence-electron chi connectivity index (χ4n) is 4.11. The summed E-state index contributed by atoms with van der Waals surface area (Å²) >= 11 is 0. The standard InChI is InChI=1S/3C6H12N2O2.Al/c3*9-7-8(10)6-4-2-1-3-5-6;/h3*6,9H,1-5H2;/q;;;+3/p-3/b3*8-7-;. The molecule has 0 heterocycles. The second-order valence-corrected chi connectivity index (χ2v) is 8.03. The molecule has 0 amide bonds. The number of nitrogens with zero attached hydrogens (tertiary/aromatic N) is 6. The summed E-state index contributed by atoms with van der Waals surface area (Å²) in [5.41, 5.74) is 0. The summed E-state index contributed by atoms with van der Waals surface area (Å²) in [5.74, 6) is 0. The van der Waals surface area contributed by atoms with Gasteiger partial charge in [-0.1, -0.05) is 33.8 Å². The van der Waals surface area contributed by atoms with Crippen molar-refractivity contribution in [1.82, 2.24) is 0 Å². The van der Waals surface area contributed by atoms with Crippen molar-refractivity contribution in [1.29, 1.82) is 0 Å². The number of hydrogen-bond donors (Lipinski definition) is 0. The minimum absolute atomic E-state index is 0. The Morgan fingerprint density at radius 1 is 0.419 bits per heavy atom. The van der Waals surface area contributed by atoms with Crippen molar-refractivity contribution in [2.24, 2.45) is 15.8 Å². The maximum Gasteiger partial charge on any atom is 3.00 e. The molecule has 0 aromatic rings. The molecule has 0 aromatic heterocycles. The zero-order valence-corrected chi connectivity index (χ0v) is 19.2. The van der Waals surface area contributed by atoms with E-state index in [4.69, 9.17) is 0 Å². The maximum absolute atomic E-state index is 10.6. The number of hydroxylamine groups is 3. The van der Waals surface area contributed by atoms with Crippen molar-refractivity contribution < 1.29 is 14.6 Å². The molecule has 3 saturated carbocycles. The van der Waals surface area contributed by atoms with Crippen LogP contribution in [0.2, 0.25) is 0 Å². The van der Waals surface area contributed by atoms with E-state index in [0.29, 0.717) is 14.6 Å². The summed E-state index contributed by atoms with van der Waals surface area (Å²) < 4.78 is 0. The molecule has 0 spiro atoms. The summed E-state index contributed by atoms with van der Waals surface area (Å²) in [5, 5.41) is 68.1. The predicted molar refractivity (Wildman–Crippen MR) is 115 cm³/mol. The van der Waals surface area contributed by atoms with Crippen LogP contribution < -0.4 is 0 Å². The first-order chi connectivity index (χ1) is 14.5. The molecule has 0 radical (unpaired) electrons. The van der Waals surface area contributed by atoms with E-state index >= 15 is 0 Å². The van der Waals surface area contributed by atoms with Gasteiger partial charge in [-0.05, 0) is 54.4 Å². The van der Waals surface area contributed by atoms with Crippen molar-refractivity contribution >= 4 is 17.4 Å². The number of rotatable bonds is 3. The average molecular weight is 456 g/mol. The molecule has 3 fully saturated rings. The van der Waals surface area contributed by atoms with Crippen LogP contribution in [-0.2, 0) is 0 Å². The van der Waals surface area contributed by atoms with Crippen LogP contribution in [0.5, 0.6) is 0 Å². The zero-order valence-electron chi connectivity index (χ0n) is 18.0. The SMILES string of the molecule is [Al+3].[O-]/N=[N+](\[O-])C1CCCCC1.[O-]/N=[N+](\[O-])C1CCCCC1.[O-]/N=[N+](\[O-])C1CCCCC1. The van der Waals surface area contributed by atoms with Crippen molar-refractivity contribution in [2.45, 2.75) is 114 Å². The second-order valence-electron chi connectivity index (χ2n) is 8.03. The summed E-state index contributed by atoms with van der Waals surface area (Å²) in [6.07, 6.45) is 14.8. The normalized spacial score (nSPS) is 22.3. The summed E-state index contributed by atoms with van der Waals surface area (Å²) in [6.45, 7) is 0. The third-order valence-corrected chi connectivity index (χ3v) is 5.90. The van der Waals surface area contributed by atoms with Crippen molar-refractivity contribution in [3.8, 4) is 0 Å². The fourth-order valence-corrected chi connectivity index (χ4v) is 4.11. The zero-order chi connectivity index (χ0) is 22.2. The number of hydrogen-bond acceptors (Lipinski definition) is 9. The van der Waals surface area contributed by atoms with Crippen LogP contribution in [0.4, 0.5) is 0 Å². The van der Waals surface area contributed by atoms with Gasteiger partial charge >= 0.3 is 17.4 Å². The third-order valence-electron chi connectivity index (χ3n) is 5.90. The molecule has 0 aliphatic heterocycles. The van der Waals surface area contributed by atoms with E-state index in [1.165, 1.54) is 19.3 Å². The predicted octanol–water partition coefficient (Wildman–Crippen LogP) is 4.96. The molecule has 13 heteroatoms. The molecule has 0 N–H and O–H groups in total. The van der Waals surface area contributed by atoms with Crippen molar-refractivity contribution in [3.05, 3.63) is 31.2 Å². The first-order valence-electron chi connectivity index (χ1n) is 10.9. The van der Waals surface area contributed by atoms with E-state index in [-0.39, 0.29) is 35.5 Å². The quantitative estimate of drug-likeness (QED) is 0.250. The van der Waals surface area contributed by atoms with Gasteiger partial charge in [-0.2, -0.15) is 0 Å². The minimum atomic E-state index is -0.133. The molecule has 31 heavy (non-hydrogen) atoms. The molecule has 3 aliphatic rings. The summed E-state index contributed by atoms with van der Waals surface area (Å²) in [4.78, 5) is 0.914. The van der Waals surface area contributed by atoms with Crippen molar-refractivity contribution in [3.63, 3.8) is 0 Å². The van der Waals surface area contributed by atoms with Gasteiger partial charge in [0.15, 0.2) is 18.1 Å². The van der Waals surface area contributed by atoms with E-state index in [2.05, 4.69) is 15.8 Å². The van der Waals surface area contributed by atoms with Gasteiger partial charge in [0, 0.05) is 38.5 Å². The molecule has 0 atom stereocenters. The van der Waals surface area contributed by atoms with Gasteiger partial charge in [0.25, 0.3) is 0 Å². The van der Waals surface area contributed by atoms with Gasteiger partial charge in [-0.15, -0.1) is 0 Å². The fraction of sp³-hybridized carbons (Fsp3) is 1.00. The van der Waals surface area contributed by atoms with E-state index in [1.807, 2.05) is 0 Å². The maximum atomic E-state index is 10.6. The summed E-state index contributed by atoms with van der Waals surface area (Å²) in [6, 6.07) is -0.399. The van der Waals surface area contributed by atoms with Crippen molar-refractivity contribution in [2.75, 3.05) is 0 Å². The van der Waals surface area contributed by atoms with Crippen LogP contribution in [-0.4, -0.2) is 50.1 Å². The van der Waals surface area contributed by atoms with Gasteiger partial charge in [0.2, 0.25) is 0 Å². The van der Waals surface area contributed by atoms with Gasteiger partial charge in [-0.3, -0.25) is 0 Å². The third kappa shape index (κ3) is 11.9. The van der Waals surface area contributed by atoms with Gasteiger partial charge in [-0.25, -0.2) is 0 Å². The largest absolute Gasteiger partial charge is 3.00 e. The van der Waals surface area contributed by atoms with E-state index in [1.54, 1.807) is 0 Å². The summed E-state index contributed by atoms with van der Waals surface area (Å²) in [7, 11) is 0. The molecule has 3 rings (SSSR count). The Labute approximate surface area is 193 Å². The van der Waals surface area contributed by atoms with Crippen LogP contribution in [0.25, 0.3) is 0 Å². The molecule has 0 aromatic carbocycles.